The topological polar surface area (TPSA) is 102 Å². The molecule has 0 aliphatic rings. The van der Waals surface area contributed by atoms with E-state index < -0.39 is 96.1 Å². The average molecular weight is 4050 g/mol. The first kappa shape index (κ1) is 97.5. The van der Waals surface area contributed by atoms with Crippen molar-refractivity contribution in [2.75, 3.05) is 0 Å². The number of hydrogen-bond donors (Lipinski definition) is 0. The van der Waals surface area contributed by atoms with Crippen molar-refractivity contribution in [1.29, 1.82) is 0 Å². The summed E-state index contributed by atoms with van der Waals surface area (Å²) in [5.74, 6) is 0. The highest BCUT2D eigenvalue weighted by Gasteiger charge is 2.85. The zero-order valence-corrected chi connectivity index (χ0v) is 106. The van der Waals surface area contributed by atoms with E-state index in [9.17, 15) is 0 Å². The van der Waals surface area contributed by atoms with Crippen molar-refractivity contribution in [3.8, 4) is 0 Å². The van der Waals surface area contributed by atoms with Gasteiger partial charge in [-0.3, -0.25) is 0 Å². The molecule has 0 aromatic heterocycles. The Labute approximate surface area is 816 Å². The molecule has 0 amide bonds. The SMILES string of the molecule is O=S(=O)(C(S(=O)(=O)C(Br)(Br)C(Br)(Br)C(Br)(Br)C(Br)(Br)C(Br)(Br)C(Br)(Br)C(Br)(Br)Br)S(=O)(=O)C(Br)(Br)C(Br)(Br)C(Br)(Br)C(Br)(Br)C(Br)(Br)C(Br)(Br)C(Br)(Br)Br)C(Br)(Br)C(Br)(Br)C(Br)(Br)C(Br)(Br)C(Br)(Br)C(Br)(Br)C(Br)(Br)Br. The summed E-state index contributed by atoms with van der Waals surface area (Å²) in [5.41, 5.74) is 0. The van der Waals surface area contributed by atoms with Gasteiger partial charge in [-0.25, -0.2) is 25.3 Å². The van der Waals surface area contributed by atoms with Crippen LogP contribution in [0, 0.1) is 0 Å². The van der Waals surface area contributed by atoms with E-state index in [4.69, 9.17) is 0 Å². The van der Waals surface area contributed by atoms with Crippen LogP contribution in [0.2, 0.25) is 0 Å². The summed E-state index contributed by atoms with van der Waals surface area (Å²) in [5, 5.41) is 0. The van der Waals surface area contributed by atoms with E-state index in [2.05, 4.69) is 717 Å². The van der Waals surface area contributed by atoms with Crippen LogP contribution in [0.1, 0.15) is 0 Å². The lowest BCUT2D eigenvalue weighted by Crippen LogP contribution is -2.71. The molecule has 0 atom stereocenters. The lowest BCUT2D eigenvalue weighted by molar-refractivity contribution is 0.553. The number of hydrogen-bond acceptors (Lipinski definition) is 6. The van der Waals surface area contributed by atoms with Crippen molar-refractivity contribution < 1.29 is 25.3 Å². The third-order valence-electron chi connectivity index (χ3n) is 8.73. The van der Waals surface area contributed by atoms with Crippen molar-refractivity contribution >= 4 is 746 Å². The maximum Gasteiger partial charge on any atom is 0.269 e. The molecule has 0 rings (SSSR count). The molecule has 0 saturated carbocycles. The standard InChI is InChI=1S/C22HBr45O6S3/c23-2(24,5(29,30)11(41,42)17(53,54)55)8(35,36)14(47,48)20(62,63)74(68,69)1(75(70,71)21(64,65)15(49,50)9(37,38)3(25,26)6(31,32)12(43,44)18(56,57)58)76(72,73)22(66,67)16(51,52)10(39,40)4(27,28)7(33,34)13(45,46)19(59,60)61/h1H. The van der Waals surface area contributed by atoms with Gasteiger partial charge in [0.05, 0.1) is 0 Å². The quantitative estimate of drug-likeness (QED) is 0.106. The van der Waals surface area contributed by atoms with Gasteiger partial charge in [0.1, 0.15) is 48.5 Å². The van der Waals surface area contributed by atoms with Gasteiger partial charge < -0.3 is 0 Å². The van der Waals surface area contributed by atoms with Gasteiger partial charge in [0, 0.05) is 0 Å². The summed E-state index contributed by atoms with van der Waals surface area (Å²) in [7, 11) is -18.5. The van der Waals surface area contributed by atoms with Crippen LogP contribution in [0.3, 0.4) is 0 Å². The van der Waals surface area contributed by atoms with Crippen LogP contribution in [-0.2, 0) is 29.5 Å². The van der Waals surface area contributed by atoms with Crippen LogP contribution in [-0.4, -0.2) is 91.8 Å². The molecule has 54 heteroatoms. The summed E-state index contributed by atoms with van der Waals surface area (Å²) in [6, 6.07) is 0. The molecule has 0 aliphatic heterocycles. The van der Waals surface area contributed by atoms with Crippen LogP contribution in [0.15, 0.2) is 0 Å². The van der Waals surface area contributed by atoms with Gasteiger partial charge in [-0.2, -0.15) is 0 Å². The van der Waals surface area contributed by atoms with Crippen LogP contribution in [0.4, 0.5) is 0 Å². The first-order valence-electron chi connectivity index (χ1n) is 15.3. The van der Waals surface area contributed by atoms with Gasteiger partial charge in [0.25, 0.3) is 3.91 Å². The van der Waals surface area contributed by atoms with Crippen LogP contribution in [0.25, 0.3) is 0 Å². The van der Waals surface area contributed by atoms with Crippen molar-refractivity contribution in [2.24, 2.45) is 0 Å². The number of alkyl halides is 45. The van der Waals surface area contributed by atoms with Gasteiger partial charge in [-0.15, -0.1) is 0 Å². The minimum atomic E-state index is -6.15. The highest BCUT2D eigenvalue weighted by Crippen LogP contribution is 2.82. The highest BCUT2D eigenvalue weighted by atomic mass is 80.0. The molecule has 0 aromatic rings. The van der Waals surface area contributed by atoms with E-state index in [0.29, 0.717) is 0 Å². The molecule has 0 bridgehead atoms. The smallest absolute Gasteiger partial charge is 0.224 e. The summed E-state index contributed by atoms with van der Waals surface area (Å²) >= 11 is 160. The third kappa shape index (κ3) is 16.3. The van der Waals surface area contributed by atoms with Crippen molar-refractivity contribution in [2.45, 2.75) is 66.5 Å². The van der Waals surface area contributed by atoms with Crippen LogP contribution >= 0.6 is 717 Å². The minimum Gasteiger partial charge on any atom is -0.224 e. The lowest BCUT2D eigenvalue weighted by atomic mass is 10.1. The zero-order chi connectivity index (χ0) is 63.6. The fourth-order valence-electron chi connectivity index (χ4n) is 4.26. The fraction of sp³-hybridized carbons (Fsp3) is 1.00. The molecular formula is C22HBr45O6S3. The van der Waals surface area contributed by atoms with E-state index in [1.165, 1.54) is 0 Å². The normalized spacial score (nSPS) is 17.4. The van der Waals surface area contributed by atoms with E-state index in [1.807, 2.05) is 0 Å². The number of sulfone groups is 3. The molecule has 0 spiro atoms. The monoisotopic (exact) mass is 4010 g/mol. The Morgan fingerprint density at radius 3 is 0.355 bits per heavy atom. The lowest BCUT2D eigenvalue weighted by Gasteiger charge is -2.57. The predicted octanol–water partition coefficient (Wildman–Crippen LogP) is 31.7. The van der Waals surface area contributed by atoms with Crippen molar-refractivity contribution in [3.63, 3.8) is 0 Å². The second-order valence-corrected chi connectivity index (χ2v) is 106. The van der Waals surface area contributed by atoms with Gasteiger partial charge in [0.15, 0.2) is 6.43 Å². The Morgan fingerprint density at radius 2 is 0.250 bits per heavy atom. The molecule has 0 radical (unpaired) electrons. The maximum absolute atomic E-state index is 16.6. The summed E-state index contributed by atoms with van der Waals surface area (Å²) < 4.78 is 54.5. The van der Waals surface area contributed by atoms with Crippen LogP contribution in [0.5, 0.6) is 0 Å². The Hall–Kier alpha value is 21.5. The van der Waals surface area contributed by atoms with Crippen molar-refractivity contribution in [1.82, 2.24) is 0 Å². The molecule has 0 aromatic carbocycles. The summed E-state index contributed by atoms with van der Waals surface area (Å²) in [4.78, 5) is 0. The molecule has 0 unspecified atom stereocenters. The van der Waals surface area contributed by atoms with E-state index >= 15 is 25.3 Å². The molecule has 0 fully saturated rings. The minimum absolute atomic E-state index is 1.23. The Balaban J connectivity index is 9.80. The van der Waals surface area contributed by atoms with Gasteiger partial charge in [-0.1, -0.05) is 717 Å². The zero-order valence-electron chi connectivity index (χ0n) is 31.8. The average Bonchev–Trinajstić information content (AvgIpc) is 3.14. The second-order valence-electron chi connectivity index (χ2n) is 13.6. The summed E-state index contributed by atoms with van der Waals surface area (Å²) in [6.45, 7) is 0. The molecule has 6 nitrogen and oxygen atoms in total. The largest absolute Gasteiger partial charge is 0.269 e. The molecule has 0 heterocycles. The second kappa shape index (κ2) is 31.0. The molecule has 0 N–H and O–H groups in total. The number of halogens is 45. The Kier molecular flexibility index (Phi) is 39.7. The summed E-state index contributed by atoms with van der Waals surface area (Å²) in [6.07, 6.45) is 0. The molecule has 458 valence electrons. The maximum atomic E-state index is 16.6. The van der Waals surface area contributed by atoms with Gasteiger partial charge >= 0.3 is 0 Å². The van der Waals surface area contributed by atoms with Gasteiger partial charge in [-0.05, 0) is 0 Å². The third-order valence-corrected chi connectivity index (χ3v) is 114. The van der Waals surface area contributed by atoms with Gasteiger partial charge in [0.2, 0.25) is 37.2 Å². The fourth-order valence-corrected chi connectivity index (χ4v) is 62.1. The molecule has 76 heavy (non-hydrogen) atoms. The number of rotatable bonds is 21. The predicted molar refractivity (Wildman–Crippen MR) is 490 cm³/mol. The molecular weight excluding hydrogens is 4050 g/mol. The first-order valence-corrected chi connectivity index (χ1v) is 55.6. The van der Waals surface area contributed by atoms with Crippen LogP contribution < -0.4 is 0 Å². The molecule has 0 aliphatic carbocycles. The van der Waals surface area contributed by atoms with Crippen molar-refractivity contribution in [3.05, 3.63) is 0 Å². The van der Waals surface area contributed by atoms with E-state index in [0.717, 1.165) is 0 Å². The highest BCUT2D eigenvalue weighted by molar-refractivity contribution is 9.45. The first-order chi connectivity index (χ1) is 31.6. The Morgan fingerprint density at radius 1 is 0.158 bits per heavy atom. The van der Waals surface area contributed by atoms with E-state index in [1.54, 1.807) is 0 Å². The molecule has 0 saturated heterocycles. The Bertz CT molecular complexity index is 2250. The van der Waals surface area contributed by atoms with E-state index in [-0.39, 0.29) is 0 Å².